The summed E-state index contributed by atoms with van der Waals surface area (Å²) in [6.45, 7) is 6.59. The second kappa shape index (κ2) is 17.1. The number of benzene rings is 4. The third-order valence-corrected chi connectivity index (χ3v) is 8.25. The summed E-state index contributed by atoms with van der Waals surface area (Å²) in [6, 6.07) is 33.7. The predicted octanol–water partition coefficient (Wildman–Crippen LogP) is 12.1. The van der Waals surface area contributed by atoms with Crippen molar-refractivity contribution in [2.75, 3.05) is 6.54 Å². The lowest BCUT2D eigenvalue weighted by molar-refractivity contribution is 0.669. The van der Waals surface area contributed by atoms with Gasteiger partial charge in [0.05, 0.1) is 5.71 Å². The average Bonchev–Trinajstić information content (AvgIpc) is 3.53. The van der Waals surface area contributed by atoms with Crippen molar-refractivity contribution >= 4 is 38.8 Å². The maximum Gasteiger partial charge on any atom is 0.135 e. The number of aliphatic imine (C=N–C) groups is 1. The normalized spacial score (nSPS) is 18.7. The Kier molecular flexibility index (Phi) is 11.4. The molecule has 0 fully saturated rings. The first-order valence-corrected chi connectivity index (χ1v) is 16.8. The zero-order chi connectivity index (χ0) is 34.4. The van der Waals surface area contributed by atoms with Gasteiger partial charge in [0.1, 0.15) is 11.2 Å². The highest BCUT2D eigenvalue weighted by atomic mass is 16.3. The van der Waals surface area contributed by atoms with Crippen LogP contribution in [0.1, 0.15) is 18.1 Å². The molecule has 0 saturated heterocycles. The Labute approximate surface area is 295 Å². The lowest BCUT2D eigenvalue weighted by Gasteiger charge is -2.10. The molecule has 1 N–H and O–H groups in total. The van der Waals surface area contributed by atoms with E-state index >= 15 is 0 Å². The molecule has 5 aromatic rings. The van der Waals surface area contributed by atoms with Crippen LogP contribution in [0.15, 0.2) is 216 Å². The minimum atomic E-state index is 0.715. The first kappa shape index (κ1) is 33.5. The number of nitrogens with zero attached hydrogens (tertiary/aromatic N) is 1. The van der Waals surface area contributed by atoms with E-state index in [1.54, 1.807) is 6.08 Å². The lowest BCUT2D eigenvalue weighted by Crippen LogP contribution is -2.03. The highest BCUT2D eigenvalue weighted by Gasteiger charge is 2.11. The SMILES string of the molecule is C=C/C=C/C=C\C=C/N=C(/C=C(\C)c1ccc(-c2ccccc2)cc1)C1=C/C=C\CN/C=C/C=C/C(c2ccc3oc4ccccc4c3c2)=C\1. The molecule has 0 atom stereocenters. The molecule has 244 valence electrons. The van der Waals surface area contributed by atoms with E-state index in [4.69, 9.17) is 9.41 Å². The topological polar surface area (TPSA) is 37.5 Å². The van der Waals surface area contributed by atoms with Crippen LogP contribution >= 0.6 is 0 Å². The van der Waals surface area contributed by atoms with Gasteiger partial charge in [-0.25, -0.2) is 0 Å². The molecule has 1 aliphatic heterocycles. The molecule has 0 unspecified atom stereocenters. The standard InChI is InChI=1S/C47H40N2O/c1-3-4-5-6-7-15-32-49-45(33-36(2)37-24-26-39(27-25-37)38-18-9-8-10-19-38)42-21-14-17-31-48-30-16-13-20-40(34-42)41-28-29-47-44(35-41)43-22-11-12-23-46(43)50-47/h3-30,32-35,48H,1,31H2,2H3/b5-4+,7-6-,17-14-,20-13+,30-16+,32-15-,36-33+,40-34+,42-21+,49-45-. The fourth-order valence-corrected chi connectivity index (χ4v) is 5.65. The first-order valence-electron chi connectivity index (χ1n) is 16.8. The fraction of sp³-hybridized carbons (Fsp3) is 0.0426. The number of furan rings is 1. The molecule has 6 rings (SSSR count). The second-order valence-electron chi connectivity index (χ2n) is 11.7. The van der Waals surface area contributed by atoms with Gasteiger partial charge < -0.3 is 9.73 Å². The van der Waals surface area contributed by atoms with Gasteiger partial charge in [-0.2, -0.15) is 0 Å². The van der Waals surface area contributed by atoms with E-state index in [-0.39, 0.29) is 0 Å². The van der Waals surface area contributed by atoms with Crippen molar-refractivity contribution in [3.63, 3.8) is 0 Å². The van der Waals surface area contributed by atoms with Crippen LogP contribution in [0.25, 0.3) is 44.2 Å². The van der Waals surface area contributed by atoms with Crippen LogP contribution in [0.4, 0.5) is 0 Å². The maximum atomic E-state index is 6.14. The predicted molar refractivity (Wildman–Crippen MR) is 216 cm³/mol. The fourth-order valence-electron chi connectivity index (χ4n) is 5.65. The minimum absolute atomic E-state index is 0.715. The number of nitrogens with one attached hydrogen (secondary N) is 1. The maximum absolute atomic E-state index is 6.14. The van der Waals surface area contributed by atoms with Crippen LogP contribution in [0, 0.1) is 0 Å². The van der Waals surface area contributed by atoms with E-state index < -0.39 is 0 Å². The van der Waals surface area contributed by atoms with Gasteiger partial charge in [-0.05, 0) is 89.0 Å². The van der Waals surface area contributed by atoms with Crippen molar-refractivity contribution in [2.24, 2.45) is 4.99 Å². The van der Waals surface area contributed by atoms with Crippen molar-refractivity contribution in [3.8, 4) is 11.1 Å². The second-order valence-corrected chi connectivity index (χ2v) is 11.7. The summed E-state index contributed by atoms with van der Waals surface area (Å²) in [4.78, 5) is 5.02. The zero-order valence-electron chi connectivity index (χ0n) is 28.2. The van der Waals surface area contributed by atoms with Crippen molar-refractivity contribution < 1.29 is 4.42 Å². The van der Waals surface area contributed by atoms with Gasteiger partial charge in [0.25, 0.3) is 0 Å². The van der Waals surface area contributed by atoms with E-state index in [0.29, 0.717) is 6.54 Å². The molecule has 4 aromatic carbocycles. The van der Waals surface area contributed by atoms with Crippen molar-refractivity contribution in [1.82, 2.24) is 5.32 Å². The highest BCUT2D eigenvalue weighted by molar-refractivity contribution is 6.15. The minimum Gasteiger partial charge on any atom is -0.456 e. The molecular formula is C47H40N2O. The molecule has 50 heavy (non-hydrogen) atoms. The van der Waals surface area contributed by atoms with Gasteiger partial charge in [-0.3, -0.25) is 4.99 Å². The zero-order valence-corrected chi connectivity index (χ0v) is 28.2. The molecule has 1 aromatic heterocycles. The molecule has 0 amide bonds. The Bertz CT molecular complexity index is 2260. The van der Waals surface area contributed by atoms with Crippen LogP contribution in [-0.2, 0) is 0 Å². The summed E-state index contributed by atoms with van der Waals surface area (Å²) in [7, 11) is 0. The monoisotopic (exact) mass is 648 g/mol. The van der Waals surface area contributed by atoms with Crippen LogP contribution < -0.4 is 5.32 Å². The third kappa shape index (κ3) is 8.71. The largest absolute Gasteiger partial charge is 0.456 e. The molecule has 2 heterocycles. The quantitative estimate of drug-likeness (QED) is 0.128. The molecule has 3 heteroatoms. The number of hydrogen-bond donors (Lipinski definition) is 1. The Hall–Kier alpha value is -6.45. The van der Waals surface area contributed by atoms with Gasteiger partial charge in [0.2, 0.25) is 0 Å². The Balaban J connectivity index is 1.45. The van der Waals surface area contributed by atoms with Crippen LogP contribution in [-0.4, -0.2) is 12.3 Å². The Morgan fingerprint density at radius 2 is 1.48 bits per heavy atom. The molecule has 0 aliphatic carbocycles. The summed E-state index contributed by atoms with van der Waals surface area (Å²) >= 11 is 0. The Morgan fingerprint density at radius 3 is 2.34 bits per heavy atom. The molecule has 0 radical (unpaired) electrons. The summed E-state index contributed by atoms with van der Waals surface area (Å²) in [6.07, 6.45) is 32.2. The number of fused-ring (bicyclic) bond motifs is 3. The lowest BCUT2D eigenvalue weighted by atomic mass is 9.96. The summed E-state index contributed by atoms with van der Waals surface area (Å²) < 4.78 is 6.14. The van der Waals surface area contributed by atoms with Crippen molar-refractivity contribution in [1.29, 1.82) is 0 Å². The summed E-state index contributed by atoms with van der Waals surface area (Å²) in [5, 5.41) is 5.51. The highest BCUT2D eigenvalue weighted by Crippen LogP contribution is 2.32. The van der Waals surface area contributed by atoms with E-state index in [1.807, 2.05) is 67.1 Å². The van der Waals surface area contributed by atoms with Gasteiger partial charge in [0, 0.05) is 29.1 Å². The van der Waals surface area contributed by atoms with Crippen LogP contribution in [0.2, 0.25) is 0 Å². The van der Waals surface area contributed by atoms with Gasteiger partial charge in [0.15, 0.2) is 0 Å². The average molecular weight is 649 g/mol. The summed E-state index contributed by atoms with van der Waals surface area (Å²) in [5.74, 6) is 0. The van der Waals surface area contributed by atoms with E-state index in [0.717, 1.165) is 55.5 Å². The first-order chi connectivity index (χ1) is 24.7. The van der Waals surface area contributed by atoms with Crippen LogP contribution in [0.5, 0.6) is 0 Å². The molecule has 0 spiro atoms. The summed E-state index contributed by atoms with van der Waals surface area (Å²) in [5.41, 5.74) is 10.3. The molecule has 0 bridgehead atoms. The number of hydrogen-bond acceptors (Lipinski definition) is 3. The van der Waals surface area contributed by atoms with Gasteiger partial charge in [-0.1, -0.05) is 146 Å². The van der Waals surface area contributed by atoms with E-state index in [2.05, 4.69) is 140 Å². The van der Waals surface area contributed by atoms with Crippen molar-refractivity contribution in [3.05, 3.63) is 218 Å². The molecule has 1 aliphatic rings. The van der Waals surface area contributed by atoms with Gasteiger partial charge in [-0.15, -0.1) is 0 Å². The Morgan fingerprint density at radius 1 is 0.740 bits per heavy atom. The van der Waals surface area contributed by atoms with E-state index in [1.165, 1.54) is 11.1 Å². The van der Waals surface area contributed by atoms with E-state index in [9.17, 15) is 0 Å². The van der Waals surface area contributed by atoms with Crippen molar-refractivity contribution in [2.45, 2.75) is 6.92 Å². The number of para-hydroxylation sites is 1. The van der Waals surface area contributed by atoms with Crippen LogP contribution in [0.3, 0.4) is 0 Å². The smallest absolute Gasteiger partial charge is 0.135 e. The number of rotatable bonds is 9. The number of allylic oxidation sites excluding steroid dienone is 16. The molecule has 0 saturated carbocycles. The third-order valence-electron chi connectivity index (χ3n) is 8.25. The van der Waals surface area contributed by atoms with Gasteiger partial charge >= 0.3 is 0 Å². The molecule has 3 nitrogen and oxygen atoms in total. The molecular weight excluding hydrogens is 609 g/mol.